The molecule has 0 saturated carbocycles. The highest BCUT2D eigenvalue weighted by atomic mass is 32.1. The molecule has 3 aromatic rings. The summed E-state index contributed by atoms with van der Waals surface area (Å²) < 4.78 is 0. The number of nitrogens with two attached hydrogens (primary N) is 1. The Morgan fingerprint density at radius 2 is 1.78 bits per heavy atom. The molecule has 27 heavy (non-hydrogen) atoms. The van der Waals surface area contributed by atoms with Crippen molar-refractivity contribution in [2.45, 2.75) is 13.0 Å². The van der Waals surface area contributed by atoms with E-state index in [1.54, 1.807) is 54.9 Å². The van der Waals surface area contributed by atoms with Gasteiger partial charge in [-0.2, -0.15) is 0 Å². The number of benzene rings is 2. The molecule has 0 fully saturated rings. The number of nitrogens with one attached hydrogen (secondary N) is 1. The highest BCUT2D eigenvalue weighted by molar-refractivity contribution is 7.97. The molecule has 0 spiro atoms. The summed E-state index contributed by atoms with van der Waals surface area (Å²) in [5, 5.41) is 2.52. The average molecular weight is 377 g/mol. The second-order valence-electron chi connectivity index (χ2n) is 6.17. The Bertz CT molecular complexity index is 988. The predicted molar refractivity (Wildman–Crippen MR) is 110 cm³/mol. The van der Waals surface area contributed by atoms with E-state index in [0.29, 0.717) is 16.8 Å². The van der Waals surface area contributed by atoms with E-state index in [4.69, 9.17) is 5.73 Å². The molecule has 1 heterocycles. The molecule has 0 radical (unpaired) electrons. The molecule has 1 amide bonds. The van der Waals surface area contributed by atoms with Crippen LogP contribution in [-0.2, 0) is 0 Å². The van der Waals surface area contributed by atoms with Crippen molar-refractivity contribution >= 4 is 29.3 Å². The number of aromatic nitrogens is 1. The van der Waals surface area contributed by atoms with Crippen LogP contribution in [0.3, 0.4) is 0 Å². The third-order valence-corrected chi connectivity index (χ3v) is 4.42. The SMILES string of the molecule is CC(N)c1ccc(C(=O)Nc2ccncc2)cc1-c1cccc(C(=O)S)c1. The van der Waals surface area contributed by atoms with Crippen LogP contribution in [0, 0.1) is 0 Å². The maximum absolute atomic E-state index is 12.6. The zero-order chi connectivity index (χ0) is 19.4. The fourth-order valence-corrected chi connectivity index (χ4v) is 2.94. The van der Waals surface area contributed by atoms with E-state index in [1.807, 2.05) is 19.1 Å². The fraction of sp³-hybridized carbons (Fsp3) is 0.0952. The Kier molecular flexibility index (Phi) is 5.69. The van der Waals surface area contributed by atoms with Crippen LogP contribution in [0.15, 0.2) is 67.0 Å². The molecule has 1 aromatic heterocycles. The second-order valence-corrected chi connectivity index (χ2v) is 6.57. The minimum absolute atomic E-state index is 0.229. The number of carbonyl (C=O) groups is 2. The minimum Gasteiger partial charge on any atom is -0.324 e. The smallest absolute Gasteiger partial charge is 0.255 e. The van der Waals surface area contributed by atoms with Crippen molar-refractivity contribution in [3.8, 4) is 11.1 Å². The van der Waals surface area contributed by atoms with E-state index in [0.717, 1.165) is 16.7 Å². The summed E-state index contributed by atoms with van der Waals surface area (Å²) >= 11 is 3.89. The molecule has 0 aliphatic rings. The first-order valence-electron chi connectivity index (χ1n) is 8.40. The average Bonchev–Trinajstić information content (AvgIpc) is 2.68. The lowest BCUT2D eigenvalue weighted by Crippen LogP contribution is -2.13. The normalized spacial score (nSPS) is 11.7. The van der Waals surface area contributed by atoms with Crippen LogP contribution in [0.5, 0.6) is 0 Å². The summed E-state index contributed by atoms with van der Waals surface area (Å²) in [4.78, 5) is 28.2. The van der Waals surface area contributed by atoms with E-state index in [-0.39, 0.29) is 17.1 Å². The first kappa shape index (κ1) is 18.8. The van der Waals surface area contributed by atoms with Crippen molar-refractivity contribution in [2.24, 2.45) is 5.73 Å². The summed E-state index contributed by atoms with van der Waals surface area (Å²) in [6.07, 6.45) is 3.22. The van der Waals surface area contributed by atoms with Gasteiger partial charge in [-0.1, -0.05) is 24.3 Å². The van der Waals surface area contributed by atoms with Gasteiger partial charge in [-0.3, -0.25) is 14.6 Å². The quantitative estimate of drug-likeness (QED) is 0.585. The van der Waals surface area contributed by atoms with Crippen LogP contribution in [0.2, 0.25) is 0 Å². The van der Waals surface area contributed by atoms with Crippen LogP contribution in [-0.4, -0.2) is 16.0 Å². The number of pyridine rings is 1. The van der Waals surface area contributed by atoms with Crippen molar-refractivity contribution in [3.63, 3.8) is 0 Å². The molecule has 136 valence electrons. The highest BCUT2D eigenvalue weighted by Crippen LogP contribution is 2.30. The third kappa shape index (κ3) is 4.42. The monoisotopic (exact) mass is 377 g/mol. The van der Waals surface area contributed by atoms with E-state index in [9.17, 15) is 9.59 Å². The van der Waals surface area contributed by atoms with Gasteiger partial charge in [0.15, 0.2) is 0 Å². The van der Waals surface area contributed by atoms with Crippen LogP contribution in [0.1, 0.15) is 39.2 Å². The van der Waals surface area contributed by atoms with Gasteiger partial charge in [0.1, 0.15) is 0 Å². The lowest BCUT2D eigenvalue weighted by atomic mass is 9.93. The number of hydrogen-bond acceptors (Lipinski definition) is 4. The van der Waals surface area contributed by atoms with E-state index in [1.165, 1.54) is 0 Å². The number of amides is 1. The number of anilines is 1. The van der Waals surface area contributed by atoms with E-state index < -0.39 is 0 Å². The minimum atomic E-state index is -0.314. The topological polar surface area (TPSA) is 85.1 Å². The van der Waals surface area contributed by atoms with Crippen molar-refractivity contribution in [2.75, 3.05) is 5.32 Å². The first-order chi connectivity index (χ1) is 13.0. The first-order valence-corrected chi connectivity index (χ1v) is 8.85. The van der Waals surface area contributed by atoms with Gasteiger partial charge in [-0.15, -0.1) is 12.6 Å². The van der Waals surface area contributed by atoms with Crippen LogP contribution in [0.4, 0.5) is 5.69 Å². The molecule has 1 atom stereocenters. The molecule has 5 nitrogen and oxygen atoms in total. The molecule has 0 saturated heterocycles. The number of carbonyl (C=O) groups excluding carboxylic acids is 2. The number of hydrogen-bond donors (Lipinski definition) is 3. The van der Waals surface area contributed by atoms with Gasteiger partial charge in [0.25, 0.3) is 5.91 Å². The van der Waals surface area contributed by atoms with Gasteiger partial charge in [0.2, 0.25) is 5.12 Å². The molecule has 0 aliphatic heterocycles. The Hall–Kier alpha value is -2.96. The summed E-state index contributed by atoms with van der Waals surface area (Å²) in [6.45, 7) is 1.88. The summed E-state index contributed by atoms with van der Waals surface area (Å²) in [7, 11) is 0. The van der Waals surface area contributed by atoms with Gasteiger partial charge in [0.05, 0.1) is 0 Å². The highest BCUT2D eigenvalue weighted by Gasteiger charge is 2.14. The van der Waals surface area contributed by atoms with Crippen molar-refractivity contribution in [3.05, 3.63) is 83.7 Å². The summed E-state index contributed by atoms with van der Waals surface area (Å²) in [6, 6.07) is 15.7. The molecule has 0 bridgehead atoms. The Morgan fingerprint density at radius 1 is 1.04 bits per heavy atom. The zero-order valence-electron chi connectivity index (χ0n) is 14.7. The number of thiol groups is 1. The maximum atomic E-state index is 12.6. The molecular weight excluding hydrogens is 358 g/mol. The van der Waals surface area contributed by atoms with Gasteiger partial charge >= 0.3 is 0 Å². The second kappa shape index (κ2) is 8.16. The summed E-state index contributed by atoms with van der Waals surface area (Å²) in [5.74, 6) is -0.236. The van der Waals surface area contributed by atoms with Gasteiger partial charge in [0, 0.05) is 35.2 Å². The third-order valence-electron chi connectivity index (χ3n) is 4.16. The Labute approximate surface area is 163 Å². The largest absolute Gasteiger partial charge is 0.324 e. The molecule has 3 N–H and O–H groups in total. The summed E-state index contributed by atoms with van der Waals surface area (Å²) in [5.41, 5.74) is 10.3. The van der Waals surface area contributed by atoms with E-state index >= 15 is 0 Å². The van der Waals surface area contributed by atoms with Gasteiger partial charge in [-0.25, -0.2) is 0 Å². The number of rotatable bonds is 5. The molecule has 1 unspecified atom stereocenters. The molecule has 3 rings (SSSR count). The van der Waals surface area contributed by atoms with Crippen molar-refractivity contribution < 1.29 is 9.59 Å². The van der Waals surface area contributed by atoms with Crippen molar-refractivity contribution in [1.82, 2.24) is 4.98 Å². The molecular formula is C21H19N3O2S. The van der Waals surface area contributed by atoms with Crippen LogP contribution < -0.4 is 11.1 Å². The number of nitrogens with zero attached hydrogens (tertiary/aromatic N) is 1. The van der Waals surface area contributed by atoms with Crippen LogP contribution >= 0.6 is 12.6 Å². The lowest BCUT2D eigenvalue weighted by Gasteiger charge is -2.15. The predicted octanol–water partition coefficient (Wildman–Crippen LogP) is 4.09. The fourth-order valence-electron chi connectivity index (χ4n) is 2.80. The lowest BCUT2D eigenvalue weighted by molar-refractivity contribution is 0.102. The zero-order valence-corrected chi connectivity index (χ0v) is 15.6. The molecule has 0 aliphatic carbocycles. The molecule has 6 heteroatoms. The Morgan fingerprint density at radius 3 is 2.44 bits per heavy atom. The maximum Gasteiger partial charge on any atom is 0.255 e. The van der Waals surface area contributed by atoms with Gasteiger partial charge < -0.3 is 11.1 Å². The van der Waals surface area contributed by atoms with Crippen molar-refractivity contribution in [1.29, 1.82) is 0 Å². The Balaban J connectivity index is 2.02. The van der Waals surface area contributed by atoms with Gasteiger partial charge in [-0.05, 0) is 53.9 Å². The standard InChI is InChI=1S/C21H19N3O2S/c1-13(22)18-6-5-15(20(25)24-17-7-9-23-10-8-17)12-19(18)14-3-2-4-16(11-14)21(26)27/h2-13H,22H2,1H3,(H,26,27)(H,23,24,25). The van der Waals surface area contributed by atoms with Crippen LogP contribution in [0.25, 0.3) is 11.1 Å². The molecule has 2 aromatic carbocycles. The van der Waals surface area contributed by atoms with E-state index in [2.05, 4.69) is 22.9 Å².